The van der Waals surface area contributed by atoms with Crippen LogP contribution < -0.4 is 0 Å². The number of furan rings is 1. The molecule has 1 saturated heterocycles. The minimum Gasteiger partial charge on any atom is -0.472 e. The van der Waals surface area contributed by atoms with Crippen LogP contribution >= 0.6 is 0 Å². The van der Waals surface area contributed by atoms with Crippen molar-refractivity contribution in [2.45, 2.75) is 18.9 Å². The summed E-state index contributed by atoms with van der Waals surface area (Å²) < 4.78 is 12.2. The summed E-state index contributed by atoms with van der Waals surface area (Å²) in [4.78, 5) is 18.7. The number of hydrogen-bond acceptors (Lipinski definition) is 7. The van der Waals surface area contributed by atoms with Crippen LogP contribution in [0.4, 0.5) is 0 Å². The van der Waals surface area contributed by atoms with Gasteiger partial charge in [-0.3, -0.25) is 4.79 Å². The van der Waals surface area contributed by atoms with Gasteiger partial charge in [0.15, 0.2) is 5.69 Å². The minimum absolute atomic E-state index is 0.00391. The fraction of sp³-hybridized carbons (Fsp3) is 0.250. The molecule has 9 heteroatoms. The Hall–Kier alpha value is -3.75. The van der Waals surface area contributed by atoms with Gasteiger partial charge >= 0.3 is 0 Å². The maximum atomic E-state index is 12.4. The largest absolute Gasteiger partial charge is 0.472 e. The molecule has 0 spiro atoms. The summed E-state index contributed by atoms with van der Waals surface area (Å²) in [6, 6.07) is 11.5. The molecule has 29 heavy (non-hydrogen) atoms. The van der Waals surface area contributed by atoms with Crippen LogP contribution in [-0.4, -0.2) is 49.0 Å². The van der Waals surface area contributed by atoms with Crippen molar-refractivity contribution in [3.05, 3.63) is 60.7 Å². The van der Waals surface area contributed by atoms with Gasteiger partial charge in [-0.1, -0.05) is 40.7 Å². The van der Waals surface area contributed by atoms with Crippen LogP contribution in [0.15, 0.2) is 64.1 Å². The lowest BCUT2D eigenvalue weighted by atomic mass is 10.0. The maximum absolute atomic E-state index is 12.4. The quantitative estimate of drug-likeness (QED) is 0.527. The average molecular weight is 390 g/mol. The number of hydrogen-bond donors (Lipinski definition) is 0. The Morgan fingerprint density at radius 2 is 1.93 bits per heavy atom. The van der Waals surface area contributed by atoms with Crippen molar-refractivity contribution in [2.75, 3.05) is 13.1 Å². The fourth-order valence-corrected chi connectivity index (χ4v) is 3.49. The molecule has 0 aliphatic carbocycles. The smallest absolute Gasteiger partial charge is 0.280 e. The molecule has 1 amide bonds. The SMILES string of the molecule is O=C(c1ccoc1)N1CCC(n2cc(-c3nc(-c4ccccc4)no3)nn2)CC1. The third-order valence-electron chi connectivity index (χ3n) is 5.08. The predicted molar refractivity (Wildman–Crippen MR) is 102 cm³/mol. The molecule has 1 aromatic carbocycles. The van der Waals surface area contributed by atoms with Crippen LogP contribution in [0.2, 0.25) is 0 Å². The van der Waals surface area contributed by atoms with E-state index in [1.165, 1.54) is 12.5 Å². The molecule has 1 fully saturated rings. The normalized spacial score (nSPS) is 15.0. The lowest BCUT2D eigenvalue weighted by Gasteiger charge is -2.31. The highest BCUT2D eigenvalue weighted by Crippen LogP contribution is 2.25. The number of nitrogens with zero attached hydrogens (tertiary/aromatic N) is 6. The average Bonchev–Trinajstić information content (AvgIpc) is 3.55. The van der Waals surface area contributed by atoms with Crippen LogP contribution in [0.3, 0.4) is 0 Å². The molecule has 4 aromatic rings. The van der Waals surface area contributed by atoms with E-state index in [1.807, 2.05) is 46.1 Å². The number of amides is 1. The summed E-state index contributed by atoms with van der Waals surface area (Å²) in [7, 11) is 0. The molecule has 0 unspecified atom stereocenters. The molecular weight excluding hydrogens is 372 g/mol. The topological polar surface area (TPSA) is 103 Å². The van der Waals surface area contributed by atoms with E-state index in [2.05, 4.69) is 20.5 Å². The molecule has 1 aliphatic heterocycles. The van der Waals surface area contributed by atoms with Gasteiger partial charge in [0.05, 0.1) is 24.1 Å². The number of aromatic nitrogens is 5. The molecule has 3 aromatic heterocycles. The summed E-state index contributed by atoms with van der Waals surface area (Å²) in [6.45, 7) is 1.31. The fourth-order valence-electron chi connectivity index (χ4n) is 3.49. The third-order valence-corrected chi connectivity index (χ3v) is 5.08. The first-order valence-electron chi connectivity index (χ1n) is 9.41. The number of likely N-dealkylation sites (tertiary alicyclic amines) is 1. The monoisotopic (exact) mass is 390 g/mol. The van der Waals surface area contributed by atoms with E-state index >= 15 is 0 Å². The number of rotatable bonds is 4. The second-order valence-electron chi connectivity index (χ2n) is 6.91. The van der Waals surface area contributed by atoms with Crippen molar-refractivity contribution in [3.63, 3.8) is 0 Å². The number of piperidine rings is 1. The minimum atomic E-state index is -0.00391. The van der Waals surface area contributed by atoms with E-state index < -0.39 is 0 Å². The van der Waals surface area contributed by atoms with Crippen LogP contribution in [-0.2, 0) is 0 Å². The van der Waals surface area contributed by atoms with Crippen molar-refractivity contribution in [1.82, 2.24) is 30.0 Å². The van der Waals surface area contributed by atoms with Crippen LogP contribution in [0.1, 0.15) is 29.2 Å². The lowest BCUT2D eigenvalue weighted by Crippen LogP contribution is -2.39. The van der Waals surface area contributed by atoms with Gasteiger partial charge in [0.25, 0.3) is 11.8 Å². The van der Waals surface area contributed by atoms with Crippen molar-refractivity contribution >= 4 is 5.91 Å². The summed E-state index contributed by atoms with van der Waals surface area (Å²) >= 11 is 0. The van der Waals surface area contributed by atoms with Gasteiger partial charge in [-0.25, -0.2) is 4.68 Å². The van der Waals surface area contributed by atoms with E-state index in [1.54, 1.807) is 6.07 Å². The Morgan fingerprint density at radius 1 is 1.10 bits per heavy atom. The zero-order valence-corrected chi connectivity index (χ0v) is 15.5. The number of carbonyl (C=O) groups is 1. The number of carbonyl (C=O) groups excluding carboxylic acids is 1. The van der Waals surface area contributed by atoms with Crippen molar-refractivity contribution < 1.29 is 13.7 Å². The van der Waals surface area contributed by atoms with Gasteiger partial charge in [0, 0.05) is 18.7 Å². The number of benzene rings is 1. The van der Waals surface area contributed by atoms with Gasteiger partial charge in [0.2, 0.25) is 5.82 Å². The van der Waals surface area contributed by atoms with Gasteiger partial charge < -0.3 is 13.8 Å². The van der Waals surface area contributed by atoms with Gasteiger partial charge in [-0.2, -0.15) is 4.98 Å². The molecule has 146 valence electrons. The van der Waals surface area contributed by atoms with Crippen LogP contribution in [0.5, 0.6) is 0 Å². The van der Waals surface area contributed by atoms with Crippen molar-refractivity contribution in [1.29, 1.82) is 0 Å². The molecule has 9 nitrogen and oxygen atoms in total. The molecule has 0 radical (unpaired) electrons. The molecule has 0 atom stereocenters. The van der Waals surface area contributed by atoms with E-state index in [9.17, 15) is 4.79 Å². The Labute approximate surface area is 165 Å². The predicted octanol–water partition coefficient (Wildman–Crippen LogP) is 3.07. The summed E-state index contributed by atoms with van der Waals surface area (Å²) in [5.74, 6) is 0.847. The highest BCUT2D eigenvalue weighted by molar-refractivity contribution is 5.93. The summed E-state index contributed by atoms with van der Waals surface area (Å²) in [6.07, 6.45) is 6.40. The van der Waals surface area contributed by atoms with Gasteiger partial charge in [0.1, 0.15) is 6.26 Å². The summed E-state index contributed by atoms with van der Waals surface area (Å²) in [5, 5.41) is 12.4. The van der Waals surface area contributed by atoms with E-state index in [0.29, 0.717) is 36.1 Å². The van der Waals surface area contributed by atoms with E-state index in [4.69, 9.17) is 8.94 Å². The third kappa shape index (κ3) is 3.42. The molecular formula is C20H18N6O3. The van der Waals surface area contributed by atoms with Gasteiger partial charge in [-0.15, -0.1) is 5.10 Å². The zero-order valence-electron chi connectivity index (χ0n) is 15.5. The second kappa shape index (κ2) is 7.34. The Bertz CT molecular complexity index is 1090. The van der Waals surface area contributed by atoms with E-state index in [0.717, 1.165) is 18.4 Å². The molecule has 4 heterocycles. The maximum Gasteiger partial charge on any atom is 0.280 e. The first kappa shape index (κ1) is 17.4. The van der Waals surface area contributed by atoms with Crippen LogP contribution in [0.25, 0.3) is 23.0 Å². The molecule has 0 N–H and O–H groups in total. The molecule has 1 aliphatic rings. The Morgan fingerprint density at radius 3 is 2.69 bits per heavy atom. The zero-order chi connectivity index (χ0) is 19.6. The standard InChI is InChI=1S/C20H18N6O3/c27-20(15-8-11-28-13-15)25-9-6-16(7-10-25)26-12-17(22-24-26)19-21-18(23-29-19)14-4-2-1-3-5-14/h1-5,8,11-13,16H,6-7,9-10H2. The van der Waals surface area contributed by atoms with Crippen LogP contribution in [0, 0.1) is 0 Å². The van der Waals surface area contributed by atoms with Crippen molar-refractivity contribution in [2.24, 2.45) is 0 Å². The highest BCUT2D eigenvalue weighted by Gasteiger charge is 2.26. The molecule has 5 rings (SSSR count). The Kier molecular flexibility index (Phi) is 4.39. The lowest BCUT2D eigenvalue weighted by molar-refractivity contribution is 0.0688. The summed E-state index contributed by atoms with van der Waals surface area (Å²) in [5.41, 5.74) is 2.00. The molecule has 0 bridgehead atoms. The highest BCUT2D eigenvalue weighted by atomic mass is 16.5. The second-order valence-corrected chi connectivity index (χ2v) is 6.91. The van der Waals surface area contributed by atoms with Gasteiger partial charge in [-0.05, 0) is 18.9 Å². The van der Waals surface area contributed by atoms with E-state index in [-0.39, 0.29) is 11.9 Å². The Balaban J connectivity index is 1.26. The van der Waals surface area contributed by atoms with Crippen molar-refractivity contribution in [3.8, 4) is 23.0 Å². The molecule has 0 saturated carbocycles. The first-order chi connectivity index (χ1) is 14.3. The first-order valence-corrected chi connectivity index (χ1v) is 9.41.